The van der Waals surface area contributed by atoms with Gasteiger partial charge in [-0.05, 0) is 44.9 Å². The normalized spacial score (nSPS) is 13.8. The summed E-state index contributed by atoms with van der Waals surface area (Å²) in [5, 5.41) is 18.4. The molecule has 0 saturated carbocycles. The fourth-order valence-corrected chi connectivity index (χ4v) is 8.17. The summed E-state index contributed by atoms with van der Waals surface area (Å²) < 4.78 is 32.9. The monoisotopic (exact) mass is 901 g/mol. The number of rotatable bonds is 49. The number of allylic oxidation sites excluding steroid dienone is 4. The summed E-state index contributed by atoms with van der Waals surface area (Å²) in [4.78, 5) is 35.2. The van der Waals surface area contributed by atoms with E-state index < -0.39 is 51.8 Å². The highest BCUT2D eigenvalue weighted by Crippen LogP contribution is 2.43. The number of hydrogen-bond acceptors (Lipinski definition) is 9. The van der Waals surface area contributed by atoms with Crippen LogP contribution in [-0.2, 0) is 32.7 Å². The topological polar surface area (TPSA) is 149 Å². The number of carbonyl (C=O) groups is 2. The van der Waals surface area contributed by atoms with E-state index in [9.17, 15) is 24.2 Å². The maximum atomic E-state index is 12.7. The van der Waals surface area contributed by atoms with Crippen LogP contribution in [0, 0.1) is 0 Å². The fraction of sp³-hybridized carbons (Fsp3) is 0.882. The molecular formula is C51H97O10P. The zero-order valence-corrected chi connectivity index (χ0v) is 41.0. The molecule has 0 aromatic carbocycles. The summed E-state index contributed by atoms with van der Waals surface area (Å²) in [5.41, 5.74) is 0. The zero-order valence-electron chi connectivity index (χ0n) is 40.1. The van der Waals surface area contributed by atoms with Gasteiger partial charge in [0.25, 0.3) is 0 Å². The van der Waals surface area contributed by atoms with Gasteiger partial charge in [-0.15, -0.1) is 0 Å². The van der Waals surface area contributed by atoms with Gasteiger partial charge >= 0.3 is 19.8 Å². The van der Waals surface area contributed by atoms with Gasteiger partial charge in [-0.2, -0.15) is 0 Å². The van der Waals surface area contributed by atoms with Gasteiger partial charge in [-0.3, -0.25) is 18.6 Å². The second-order valence-electron chi connectivity index (χ2n) is 17.6. The molecule has 0 amide bonds. The first kappa shape index (κ1) is 60.5. The van der Waals surface area contributed by atoms with Gasteiger partial charge in [0.05, 0.1) is 19.8 Å². The Bertz CT molecular complexity index is 1080. The molecule has 62 heavy (non-hydrogen) atoms. The maximum Gasteiger partial charge on any atom is 0.472 e. The second kappa shape index (κ2) is 47.4. The molecule has 0 heterocycles. The number of aliphatic hydroxyl groups excluding tert-OH is 2. The highest BCUT2D eigenvalue weighted by molar-refractivity contribution is 7.47. The van der Waals surface area contributed by atoms with Crippen molar-refractivity contribution < 1.29 is 47.8 Å². The molecule has 3 unspecified atom stereocenters. The van der Waals surface area contributed by atoms with E-state index in [4.69, 9.17) is 23.6 Å². The highest BCUT2D eigenvalue weighted by Gasteiger charge is 2.27. The van der Waals surface area contributed by atoms with Crippen molar-refractivity contribution in [2.75, 3.05) is 26.4 Å². The summed E-state index contributed by atoms with van der Waals surface area (Å²) in [6.07, 6.45) is 50.0. The SMILES string of the molecule is CCCCCCC/C=C\C/C=C\CCCCCCCCCCCC(=O)OC(COC(=O)CCCCCCCCCCCCCCCCCCCC)COP(=O)(O)OCC(O)CO. The van der Waals surface area contributed by atoms with Crippen molar-refractivity contribution in [2.24, 2.45) is 0 Å². The third kappa shape index (κ3) is 46.4. The Hall–Kier alpha value is -1.55. The molecule has 0 spiro atoms. The number of unbranched alkanes of at least 4 members (excludes halogenated alkanes) is 31. The Morgan fingerprint density at radius 2 is 0.839 bits per heavy atom. The van der Waals surface area contributed by atoms with Gasteiger partial charge in [0.1, 0.15) is 12.7 Å². The van der Waals surface area contributed by atoms with Crippen molar-refractivity contribution in [2.45, 2.75) is 264 Å². The second-order valence-corrected chi connectivity index (χ2v) is 19.0. The van der Waals surface area contributed by atoms with E-state index >= 15 is 0 Å². The minimum atomic E-state index is -4.62. The number of aliphatic hydroxyl groups is 2. The molecule has 10 nitrogen and oxygen atoms in total. The van der Waals surface area contributed by atoms with Crippen molar-refractivity contribution in [3.63, 3.8) is 0 Å². The van der Waals surface area contributed by atoms with E-state index in [0.717, 1.165) is 51.4 Å². The maximum absolute atomic E-state index is 12.7. The van der Waals surface area contributed by atoms with Gasteiger partial charge in [0, 0.05) is 12.8 Å². The molecule has 11 heteroatoms. The third-order valence-corrected chi connectivity index (χ3v) is 12.3. The first-order valence-corrected chi connectivity index (χ1v) is 27.3. The van der Waals surface area contributed by atoms with Gasteiger partial charge in [0.2, 0.25) is 0 Å². The molecule has 0 bridgehead atoms. The number of hydrogen-bond donors (Lipinski definition) is 3. The van der Waals surface area contributed by atoms with E-state index in [-0.39, 0.29) is 19.4 Å². The predicted molar refractivity (Wildman–Crippen MR) is 256 cm³/mol. The van der Waals surface area contributed by atoms with Crippen LogP contribution in [0.15, 0.2) is 24.3 Å². The quantitative estimate of drug-likeness (QED) is 0.0233. The molecule has 0 aliphatic carbocycles. The molecule has 0 aromatic heterocycles. The van der Waals surface area contributed by atoms with Crippen LogP contribution < -0.4 is 0 Å². The molecule has 0 saturated heterocycles. The van der Waals surface area contributed by atoms with Crippen LogP contribution in [0.5, 0.6) is 0 Å². The van der Waals surface area contributed by atoms with Crippen molar-refractivity contribution in [3.05, 3.63) is 24.3 Å². The lowest BCUT2D eigenvalue weighted by molar-refractivity contribution is -0.161. The molecule has 0 aromatic rings. The Labute approximate surface area is 380 Å². The standard InChI is InChI=1S/C51H97O10P/c1-3-5-7-9-11-13-15-17-19-21-23-24-25-27-29-31-33-35-37-39-41-43-51(55)61-49(47-60-62(56,57)59-45-48(53)44-52)46-58-50(54)42-40-38-36-34-32-30-28-26-22-20-18-16-14-12-10-8-6-4-2/h15,17,21,23,48-49,52-53H,3-14,16,18-20,22,24-47H2,1-2H3,(H,56,57)/b17-15-,23-21-. The van der Waals surface area contributed by atoms with Gasteiger partial charge < -0.3 is 24.6 Å². The number of phosphoric acid groups is 1. The molecule has 3 N–H and O–H groups in total. The number of ether oxygens (including phenoxy) is 2. The Morgan fingerprint density at radius 3 is 1.24 bits per heavy atom. The third-order valence-electron chi connectivity index (χ3n) is 11.4. The largest absolute Gasteiger partial charge is 0.472 e. The van der Waals surface area contributed by atoms with Crippen LogP contribution in [0.25, 0.3) is 0 Å². The lowest BCUT2D eigenvalue weighted by atomic mass is 10.0. The molecule has 0 rings (SSSR count). The molecule has 3 atom stereocenters. The van der Waals surface area contributed by atoms with Crippen LogP contribution in [-0.4, -0.2) is 65.7 Å². The van der Waals surface area contributed by atoms with E-state index in [2.05, 4.69) is 38.2 Å². The summed E-state index contributed by atoms with van der Waals surface area (Å²) >= 11 is 0. The minimum absolute atomic E-state index is 0.183. The van der Waals surface area contributed by atoms with Crippen molar-refractivity contribution in [1.29, 1.82) is 0 Å². The van der Waals surface area contributed by atoms with Gasteiger partial charge in [-0.1, -0.05) is 218 Å². The predicted octanol–water partition coefficient (Wildman–Crippen LogP) is 14.5. The van der Waals surface area contributed by atoms with Crippen LogP contribution in [0.2, 0.25) is 0 Å². The van der Waals surface area contributed by atoms with E-state index in [1.54, 1.807) is 0 Å². The molecule has 0 aliphatic heterocycles. The average molecular weight is 901 g/mol. The summed E-state index contributed by atoms with van der Waals surface area (Å²) in [7, 11) is -4.62. The first-order chi connectivity index (χ1) is 30.2. The molecule has 366 valence electrons. The number of carbonyl (C=O) groups excluding carboxylic acids is 2. The van der Waals surface area contributed by atoms with Gasteiger partial charge in [0.15, 0.2) is 6.10 Å². The smallest absolute Gasteiger partial charge is 0.462 e. The van der Waals surface area contributed by atoms with Crippen LogP contribution >= 0.6 is 7.82 Å². The minimum Gasteiger partial charge on any atom is -0.462 e. The van der Waals surface area contributed by atoms with Crippen LogP contribution in [0.3, 0.4) is 0 Å². The lowest BCUT2D eigenvalue weighted by Gasteiger charge is -2.20. The van der Waals surface area contributed by atoms with Crippen LogP contribution in [0.1, 0.15) is 251 Å². The van der Waals surface area contributed by atoms with E-state index in [1.807, 2.05) is 0 Å². The average Bonchev–Trinajstić information content (AvgIpc) is 3.26. The summed E-state index contributed by atoms with van der Waals surface area (Å²) in [6.45, 7) is 2.42. The Balaban J connectivity index is 4.16. The van der Waals surface area contributed by atoms with Gasteiger partial charge in [-0.25, -0.2) is 4.57 Å². The molecule has 0 radical (unpaired) electrons. The zero-order chi connectivity index (χ0) is 45.5. The van der Waals surface area contributed by atoms with Crippen molar-refractivity contribution >= 4 is 19.8 Å². The van der Waals surface area contributed by atoms with Crippen molar-refractivity contribution in [3.8, 4) is 0 Å². The Morgan fingerprint density at radius 1 is 0.484 bits per heavy atom. The number of phosphoric ester groups is 1. The Kier molecular flexibility index (Phi) is 46.2. The first-order valence-electron chi connectivity index (χ1n) is 25.8. The molecular weight excluding hydrogens is 804 g/mol. The molecule has 0 fully saturated rings. The fourth-order valence-electron chi connectivity index (χ4n) is 7.38. The summed E-state index contributed by atoms with van der Waals surface area (Å²) in [6, 6.07) is 0. The van der Waals surface area contributed by atoms with Crippen LogP contribution in [0.4, 0.5) is 0 Å². The van der Waals surface area contributed by atoms with E-state index in [0.29, 0.717) is 12.8 Å². The van der Waals surface area contributed by atoms with Crippen molar-refractivity contribution in [1.82, 2.24) is 0 Å². The number of esters is 2. The summed E-state index contributed by atoms with van der Waals surface area (Å²) in [5.74, 6) is -0.915. The van der Waals surface area contributed by atoms with E-state index in [1.165, 1.54) is 161 Å². The molecule has 0 aliphatic rings. The lowest BCUT2D eigenvalue weighted by Crippen LogP contribution is -2.29. The highest BCUT2D eigenvalue weighted by atomic mass is 31.2.